The average molecular weight is 984 g/mol. The van der Waals surface area contributed by atoms with Gasteiger partial charge in [0.05, 0.1) is 69.5 Å². The Bertz CT molecular complexity index is 3310. The van der Waals surface area contributed by atoms with E-state index in [4.69, 9.17) is 29.3 Å². The molecule has 0 bridgehead atoms. The van der Waals surface area contributed by atoms with Crippen molar-refractivity contribution in [3.63, 3.8) is 0 Å². The van der Waals surface area contributed by atoms with Crippen LogP contribution in [0.25, 0.3) is 68.6 Å². The zero-order valence-corrected chi connectivity index (χ0v) is 41.9. The van der Waals surface area contributed by atoms with Crippen LogP contribution < -0.4 is 16.0 Å². The maximum Gasteiger partial charge on any atom is 0.268 e. The van der Waals surface area contributed by atoms with E-state index in [2.05, 4.69) is 87.0 Å². The molecule has 73 heavy (non-hydrogen) atoms. The molecule has 2 fully saturated rings. The number of nitrogens with one attached hydrogen (secondary N) is 1. The zero-order valence-electron chi connectivity index (χ0n) is 41.9. The summed E-state index contributed by atoms with van der Waals surface area (Å²) in [4.78, 5) is 29.6. The van der Waals surface area contributed by atoms with Crippen LogP contribution >= 0.6 is 0 Å². The van der Waals surface area contributed by atoms with Gasteiger partial charge in [-0.25, -0.2) is 9.97 Å². The van der Waals surface area contributed by atoms with E-state index in [0.29, 0.717) is 75.2 Å². The molecule has 2 saturated heterocycles. The van der Waals surface area contributed by atoms with Crippen LogP contribution in [0.1, 0.15) is 87.4 Å². The van der Waals surface area contributed by atoms with Gasteiger partial charge in [-0.1, -0.05) is 18.2 Å². The molecule has 8 heterocycles. The third-order valence-corrected chi connectivity index (χ3v) is 13.1. The second-order valence-electron chi connectivity index (χ2n) is 19.4. The lowest BCUT2D eigenvalue weighted by Crippen LogP contribution is -2.39. The van der Waals surface area contributed by atoms with Crippen LogP contribution in [0.2, 0.25) is 0 Å². The van der Waals surface area contributed by atoms with Crippen molar-refractivity contribution in [1.82, 2.24) is 55.6 Å². The van der Waals surface area contributed by atoms with Gasteiger partial charge in [0.2, 0.25) is 11.8 Å². The number of piperidine rings is 1. The Balaban J connectivity index is 0.000000270. The Morgan fingerprint density at radius 2 is 1.16 bits per heavy atom. The van der Waals surface area contributed by atoms with Crippen LogP contribution in [0.5, 0.6) is 0 Å². The van der Waals surface area contributed by atoms with Crippen LogP contribution in [-0.2, 0) is 22.1 Å². The smallest absolute Gasteiger partial charge is 0.268 e. The minimum absolute atomic E-state index is 0. The van der Waals surface area contributed by atoms with Gasteiger partial charge < -0.3 is 29.5 Å². The third-order valence-electron chi connectivity index (χ3n) is 13.1. The van der Waals surface area contributed by atoms with Gasteiger partial charge in [-0.05, 0) is 127 Å². The van der Waals surface area contributed by atoms with E-state index >= 15 is 0 Å². The average Bonchev–Trinajstić information content (AvgIpc) is 4.14. The second-order valence-corrected chi connectivity index (χ2v) is 19.4. The third kappa shape index (κ3) is 11.6. The first kappa shape index (κ1) is 49.8. The number of hydrogen-bond donors (Lipinski definition) is 2. The van der Waals surface area contributed by atoms with Gasteiger partial charge in [-0.3, -0.25) is 19.9 Å². The summed E-state index contributed by atoms with van der Waals surface area (Å²) in [7, 11) is 0. The molecule has 2 aliphatic rings. The maximum atomic E-state index is 9.48. The number of hydrogen-bond acceptors (Lipinski definition) is 18. The highest BCUT2D eigenvalue weighted by atomic mass is 16.5. The Labute approximate surface area is 430 Å². The van der Waals surface area contributed by atoms with E-state index in [1.54, 1.807) is 24.8 Å². The van der Waals surface area contributed by atoms with E-state index in [0.717, 1.165) is 86.5 Å². The molecule has 2 aliphatic heterocycles. The lowest BCUT2D eigenvalue weighted by Gasteiger charge is -2.32. The largest absolute Gasteiger partial charge is 0.415 e. The van der Waals surface area contributed by atoms with Gasteiger partial charge in [0.15, 0.2) is 0 Å². The SMILES string of the molecule is Cc1ncc(-c2ccnc(C(C)(C)C#N)c2)nc1-c1nnc(-c2ccc(CNC3CCOCC3)cc2)o1.Cc1ncc(-c2ccnc(C(C)(C)C#N)c2)nc1-c1nnc(-c2cccc(N3CCC(N)CC3)c2)o1.[HH].[HH].[HH].[HH]. The number of aromatic nitrogens is 10. The molecule has 2 aromatic carbocycles. The van der Waals surface area contributed by atoms with Crippen molar-refractivity contribution < 1.29 is 19.3 Å². The van der Waals surface area contributed by atoms with Crippen LogP contribution in [0.15, 0.2) is 106 Å². The zero-order chi connectivity index (χ0) is 51.1. The van der Waals surface area contributed by atoms with Crippen molar-refractivity contribution in [1.29, 1.82) is 10.5 Å². The van der Waals surface area contributed by atoms with Crippen molar-refractivity contribution in [2.75, 3.05) is 31.2 Å². The van der Waals surface area contributed by atoms with Crippen molar-refractivity contribution in [2.45, 2.75) is 96.7 Å². The number of nitriles is 2. The van der Waals surface area contributed by atoms with Crippen molar-refractivity contribution in [2.24, 2.45) is 5.73 Å². The van der Waals surface area contributed by atoms with Gasteiger partial charge >= 0.3 is 0 Å². The summed E-state index contributed by atoms with van der Waals surface area (Å²) < 4.78 is 17.5. The highest BCUT2D eigenvalue weighted by Gasteiger charge is 2.25. The molecular weight excluding hydrogens is 919 g/mol. The van der Waals surface area contributed by atoms with Crippen LogP contribution in [0.3, 0.4) is 0 Å². The number of rotatable bonds is 12. The van der Waals surface area contributed by atoms with Crippen molar-refractivity contribution in [3.8, 4) is 80.7 Å². The first-order valence-corrected chi connectivity index (χ1v) is 24.4. The molecule has 378 valence electrons. The summed E-state index contributed by atoms with van der Waals surface area (Å²) in [5.74, 6) is 1.46. The normalized spacial score (nSPS) is 14.5. The van der Waals surface area contributed by atoms with Gasteiger partial charge in [0.25, 0.3) is 11.8 Å². The monoisotopic (exact) mass is 984 g/mol. The minimum Gasteiger partial charge on any atom is -0.415 e. The Morgan fingerprint density at radius 3 is 1.70 bits per heavy atom. The molecule has 0 radical (unpaired) electrons. The van der Waals surface area contributed by atoms with E-state index in [9.17, 15) is 10.5 Å². The van der Waals surface area contributed by atoms with Gasteiger partial charge in [0.1, 0.15) is 11.4 Å². The van der Waals surface area contributed by atoms with Crippen LogP contribution in [-0.4, -0.2) is 88.7 Å². The molecule has 0 saturated carbocycles. The molecule has 0 aliphatic carbocycles. The van der Waals surface area contributed by atoms with E-state index in [1.165, 1.54) is 5.56 Å². The van der Waals surface area contributed by atoms with Crippen molar-refractivity contribution >= 4 is 5.69 Å². The fourth-order valence-corrected chi connectivity index (χ4v) is 8.35. The molecule has 0 spiro atoms. The molecule has 18 nitrogen and oxygen atoms in total. The number of anilines is 1. The number of aryl methyl sites for hydroxylation is 2. The molecule has 10 rings (SSSR count). The van der Waals surface area contributed by atoms with E-state index in [1.807, 2.05) is 90.1 Å². The molecule has 8 aromatic rings. The fourth-order valence-electron chi connectivity index (χ4n) is 8.35. The van der Waals surface area contributed by atoms with Crippen molar-refractivity contribution in [3.05, 3.63) is 126 Å². The Morgan fingerprint density at radius 1 is 0.644 bits per heavy atom. The number of nitrogens with zero attached hydrogens (tertiary/aromatic N) is 13. The topological polar surface area (TPSA) is 253 Å². The molecule has 3 N–H and O–H groups in total. The molecule has 18 heteroatoms. The number of ether oxygens (including phenoxy) is 1. The first-order chi connectivity index (χ1) is 35.3. The highest BCUT2D eigenvalue weighted by molar-refractivity contribution is 5.67. The van der Waals surface area contributed by atoms with Gasteiger partial charge in [-0.15, -0.1) is 20.4 Å². The van der Waals surface area contributed by atoms with E-state index in [-0.39, 0.29) is 11.7 Å². The van der Waals surface area contributed by atoms with E-state index < -0.39 is 10.8 Å². The second kappa shape index (κ2) is 21.7. The summed E-state index contributed by atoms with van der Waals surface area (Å²) >= 11 is 0. The summed E-state index contributed by atoms with van der Waals surface area (Å²) in [6, 6.07) is 29.0. The fraction of sp³-hybridized carbons (Fsp3) is 0.345. The Hall–Kier alpha value is -8.16. The van der Waals surface area contributed by atoms with Gasteiger partial charge in [0, 0.05) is 91.0 Å². The molecule has 0 unspecified atom stereocenters. The first-order valence-electron chi connectivity index (χ1n) is 24.4. The summed E-state index contributed by atoms with van der Waals surface area (Å²) in [5, 5.41) is 39.6. The summed E-state index contributed by atoms with van der Waals surface area (Å²) in [6.45, 7) is 15.4. The summed E-state index contributed by atoms with van der Waals surface area (Å²) in [6.07, 6.45) is 10.8. The molecule has 0 atom stereocenters. The highest BCUT2D eigenvalue weighted by Crippen LogP contribution is 2.32. The standard InChI is InChI=1S/C28H29N7O2.C27H28N8O.4H2/c1-18-25(33-23(16-31-18)21-8-11-30-24(14-21)28(2,3)17-29)27-35-34-26(37-27)20-6-4-19(5-7-20)15-32-22-9-12-36-13-10-22;1-17-24(32-22(15-31-17)18-7-10-30-23(14-18)27(2,3)16-28)26-34-33-25(36-26)19-5-4-6-21(13-19)35-11-8-20(29)9-12-35;;;;/h4-8,11,14,16,22,32H,9-10,12-13,15H2,1-3H3;4-7,10,13-15,20H,8-9,11-12,29H2,1-3H3;4*1H. The van der Waals surface area contributed by atoms with Crippen LogP contribution in [0, 0.1) is 36.5 Å². The minimum atomic E-state index is -0.715. The lowest BCUT2D eigenvalue weighted by molar-refractivity contribution is 0.0776. The summed E-state index contributed by atoms with van der Waals surface area (Å²) in [5.41, 5.74) is 15.3. The predicted molar refractivity (Wildman–Crippen MR) is 283 cm³/mol. The Kier molecular flexibility index (Phi) is 14.8. The number of pyridine rings is 2. The predicted octanol–water partition coefficient (Wildman–Crippen LogP) is 9.91. The molecular formula is C55H65N15O3. The molecule has 6 aromatic heterocycles. The quantitative estimate of drug-likeness (QED) is 0.115. The molecule has 0 amide bonds. The van der Waals surface area contributed by atoms with Crippen LogP contribution in [0.4, 0.5) is 5.69 Å². The number of nitrogens with two attached hydrogens (primary N) is 1. The van der Waals surface area contributed by atoms with Gasteiger partial charge in [-0.2, -0.15) is 10.5 Å². The lowest BCUT2D eigenvalue weighted by atomic mass is 9.90. The maximum absolute atomic E-state index is 9.48. The number of benzene rings is 2.